The Bertz CT molecular complexity index is 404. The van der Waals surface area contributed by atoms with Gasteiger partial charge in [0.2, 0.25) is 5.91 Å². The molecule has 2 rings (SSSR count). The highest BCUT2D eigenvalue weighted by Crippen LogP contribution is 2.33. The monoisotopic (exact) mass is 297 g/mol. The predicted octanol–water partition coefficient (Wildman–Crippen LogP) is 0.537. The second kappa shape index (κ2) is 6.78. The summed E-state index contributed by atoms with van der Waals surface area (Å²) in [5.74, 6) is -0.586. The maximum Gasteiger partial charge on any atom is 0.326 e. The van der Waals surface area contributed by atoms with Crippen LogP contribution in [0.5, 0.6) is 0 Å². The van der Waals surface area contributed by atoms with Gasteiger partial charge in [-0.2, -0.15) is 0 Å². The Morgan fingerprint density at radius 3 is 2.05 bits per heavy atom. The molecule has 1 atom stereocenters. The van der Waals surface area contributed by atoms with E-state index in [0.29, 0.717) is 24.9 Å². The number of rotatable bonds is 9. The van der Waals surface area contributed by atoms with Crippen molar-refractivity contribution in [2.45, 2.75) is 44.6 Å². The first-order valence-corrected chi connectivity index (χ1v) is 7.52. The molecule has 0 aromatic rings. The topological polar surface area (TPSA) is 113 Å². The second-order valence-corrected chi connectivity index (χ2v) is 6.14. The van der Waals surface area contributed by atoms with Gasteiger partial charge in [-0.3, -0.25) is 4.79 Å². The summed E-state index contributed by atoms with van der Waals surface area (Å²) in [4.78, 5) is 35.9. The zero-order valence-electron chi connectivity index (χ0n) is 12.1. The summed E-state index contributed by atoms with van der Waals surface area (Å²) in [5.41, 5.74) is 5.02. The number of carbonyl (C=O) groups is 3. The third kappa shape index (κ3) is 5.61. The smallest absolute Gasteiger partial charge is 0.326 e. The summed E-state index contributed by atoms with van der Waals surface area (Å²) in [6.07, 6.45) is 4.52. The number of urea groups is 1. The molecule has 0 bridgehead atoms. The van der Waals surface area contributed by atoms with Crippen LogP contribution >= 0.6 is 0 Å². The summed E-state index contributed by atoms with van der Waals surface area (Å²) in [5, 5.41) is 11.6. The van der Waals surface area contributed by atoms with Gasteiger partial charge < -0.3 is 21.1 Å². The standard InChI is InChI=1S/C14H23N3O4/c15-12(18)6-5-11(13(19)20)16-14(21)17(7-9-1-2-9)8-10-3-4-10/h9-11H,1-8H2,(H2,15,18)(H,16,21)(H,19,20)/t11-/m0/s1. The highest BCUT2D eigenvalue weighted by molar-refractivity contribution is 5.83. The van der Waals surface area contributed by atoms with Crippen LogP contribution in [0.1, 0.15) is 38.5 Å². The van der Waals surface area contributed by atoms with Gasteiger partial charge in [-0.25, -0.2) is 9.59 Å². The van der Waals surface area contributed by atoms with E-state index < -0.39 is 17.9 Å². The fourth-order valence-electron chi connectivity index (χ4n) is 2.25. The van der Waals surface area contributed by atoms with Crippen molar-refractivity contribution in [1.29, 1.82) is 0 Å². The Morgan fingerprint density at radius 1 is 1.14 bits per heavy atom. The Balaban J connectivity index is 1.86. The lowest BCUT2D eigenvalue weighted by molar-refractivity contribution is -0.139. The highest BCUT2D eigenvalue weighted by atomic mass is 16.4. The van der Waals surface area contributed by atoms with E-state index >= 15 is 0 Å². The number of carboxylic acid groups (broad SMARTS) is 1. The molecule has 0 saturated heterocycles. The SMILES string of the molecule is NC(=O)CC[C@H](NC(=O)N(CC1CC1)CC1CC1)C(=O)O. The molecule has 7 nitrogen and oxygen atoms in total. The Morgan fingerprint density at radius 2 is 1.67 bits per heavy atom. The lowest BCUT2D eigenvalue weighted by Gasteiger charge is -2.25. The molecular formula is C14H23N3O4. The average Bonchev–Trinajstić information content (AvgIpc) is 3.27. The number of nitrogens with zero attached hydrogens (tertiary/aromatic N) is 1. The number of carboxylic acids is 1. The van der Waals surface area contributed by atoms with E-state index in [1.54, 1.807) is 4.90 Å². The maximum atomic E-state index is 12.3. The first-order chi connectivity index (χ1) is 9.95. The van der Waals surface area contributed by atoms with Crippen LogP contribution in [0.25, 0.3) is 0 Å². The number of amides is 3. The summed E-state index contributed by atoms with van der Waals surface area (Å²) in [6.45, 7) is 1.40. The number of primary amides is 1. The van der Waals surface area contributed by atoms with Gasteiger partial charge in [0.05, 0.1) is 0 Å². The van der Waals surface area contributed by atoms with Crippen molar-refractivity contribution < 1.29 is 19.5 Å². The molecule has 2 saturated carbocycles. The number of hydrogen-bond donors (Lipinski definition) is 3. The van der Waals surface area contributed by atoms with E-state index in [2.05, 4.69) is 5.32 Å². The molecule has 21 heavy (non-hydrogen) atoms. The molecule has 0 aromatic carbocycles. The quantitative estimate of drug-likeness (QED) is 0.576. The van der Waals surface area contributed by atoms with Crippen molar-refractivity contribution in [3.8, 4) is 0 Å². The summed E-state index contributed by atoms with van der Waals surface area (Å²) in [6, 6.07) is -1.41. The summed E-state index contributed by atoms with van der Waals surface area (Å²) in [7, 11) is 0. The summed E-state index contributed by atoms with van der Waals surface area (Å²) >= 11 is 0. The van der Waals surface area contributed by atoms with E-state index in [4.69, 9.17) is 10.8 Å². The molecule has 0 unspecified atom stereocenters. The Kier molecular flexibility index (Phi) is 5.03. The van der Waals surface area contributed by atoms with Gasteiger partial charge in [0, 0.05) is 19.5 Å². The van der Waals surface area contributed by atoms with Crippen LogP contribution in [0, 0.1) is 11.8 Å². The lowest BCUT2D eigenvalue weighted by atomic mass is 10.1. The van der Waals surface area contributed by atoms with Gasteiger partial charge in [0.1, 0.15) is 6.04 Å². The summed E-state index contributed by atoms with van der Waals surface area (Å²) < 4.78 is 0. The molecule has 0 spiro atoms. The molecule has 2 aliphatic rings. The normalized spacial score (nSPS) is 18.9. The van der Waals surface area contributed by atoms with Gasteiger partial charge in [-0.1, -0.05) is 0 Å². The number of carbonyl (C=O) groups excluding carboxylic acids is 2. The van der Waals surface area contributed by atoms with E-state index in [9.17, 15) is 14.4 Å². The largest absolute Gasteiger partial charge is 0.480 e. The van der Waals surface area contributed by atoms with Crippen LogP contribution in [-0.2, 0) is 9.59 Å². The van der Waals surface area contributed by atoms with Crippen molar-refractivity contribution in [3.63, 3.8) is 0 Å². The van der Waals surface area contributed by atoms with Crippen molar-refractivity contribution in [2.24, 2.45) is 17.6 Å². The lowest BCUT2D eigenvalue weighted by Crippen LogP contribution is -2.49. The molecule has 2 aliphatic carbocycles. The van der Waals surface area contributed by atoms with Crippen LogP contribution < -0.4 is 11.1 Å². The average molecular weight is 297 g/mol. The van der Waals surface area contributed by atoms with Gasteiger partial charge in [-0.15, -0.1) is 0 Å². The van der Waals surface area contributed by atoms with E-state index in [0.717, 1.165) is 25.7 Å². The first kappa shape index (κ1) is 15.6. The Hall–Kier alpha value is -1.79. The van der Waals surface area contributed by atoms with Crippen molar-refractivity contribution in [2.75, 3.05) is 13.1 Å². The fourth-order valence-corrected chi connectivity index (χ4v) is 2.25. The van der Waals surface area contributed by atoms with Gasteiger partial charge in [-0.05, 0) is 43.9 Å². The second-order valence-electron chi connectivity index (χ2n) is 6.14. The molecule has 4 N–H and O–H groups in total. The third-order valence-electron chi connectivity index (χ3n) is 3.91. The number of nitrogens with two attached hydrogens (primary N) is 1. The number of nitrogens with one attached hydrogen (secondary N) is 1. The zero-order chi connectivity index (χ0) is 15.4. The van der Waals surface area contributed by atoms with Gasteiger partial charge in [0.15, 0.2) is 0 Å². The predicted molar refractivity (Wildman–Crippen MR) is 75.4 cm³/mol. The minimum Gasteiger partial charge on any atom is -0.480 e. The molecule has 0 radical (unpaired) electrons. The van der Waals surface area contributed by atoms with Crippen LogP contribution in [0.4, 0.5) is 4.79 Å². The molecule has 0 heterocycles. The van der Waals surface area contributed by atoms with E-state index in [-0.39, 0.29) is 18.9 Å². The minimum atomic E-state index is -1.14. The molecule has 2 fully saturated rings. The number of hydrogen-bond acceptors (Lipinski definition) is 3. The van der Waals surface area contributed by atoms with Crippen LogP contribution in [0.2, 0.25) is 0 Å². The molecule has 118 valence electrons. The molecule has 3 amide bonds. The van der Waals surface area contributed by atoms with Crippen molar-refractivity contribution >= 4 is 17.9 Å². The minimum absolute atomic E-state index is 0.0249. The molecular weight excluding hydrogens is 274 g/mol. The van der Waals surface area contributed by atoms with Crippen LogP contribution in [0.3, 0.4) is 0 Å². The van der Waals surface area contributed by atoms with E-state index in [1.165, 1.54) is 0 Å². The number of aliphatic carboxylic acids is 1. The zero-order valence-corrected chi connectivity index (χ0v) is 12.1. The van der Waals surface area contributed by atoms with Crippen molar-refractivity contribution in [3.05, 3.63) is 0 Å². The molecule has 0 aliphatic heterocycles. The highest BCUT2D eigenvalue weighted by Gasteiger charge is 2.32. The molecule has 0 aromatic heterocycles. The van der Waals surface area contributed by atoms with Gasteiger partial charge in [0.25, 0.3) is 0 Å². The van der Waals surface area contributed by atoms with Crippen molar-refractivity contribution in [1.82, 2.24) is 10.2 Å². The van der Waals surface area contributed by atoms with Crippen LogP contribution in [0.15, 0.2) is 0 Å². The third-order valence-corrected chi connectivity index (χ3v) is 3.91. The Labute approximate surface area is 123 Å². The van der Waals surface area contributed by atoms with Gasteiger partial charge >= 0.3 is 12.0 Å². The first-order valence-electron chi connectivity index (χ1n) is 7.52. The maximum absolute atomic E-state index is 12.3. The van der Waals surface area contributed by atoms with E-state index in [1.807, 2.05) is 0 Å². The fraction of sp³-hybridized carbons (Fsp3) is 0.786. The van der Waals surface area contributed by atoms with Crippen LogP contribution in [-0.4, -0.2) is 47.0 Å². The molecule has 7 heteroatoms.